The molecule has 3 heterocycles. The van der Waals surface area contributed by atoms with E-state index in [1.807, 2.05) is 32.9 Å². The first-order valence-electron chi connectivity index (χ1n) is 7.21. The maximum Gasteiger partial charge on any atom is 0.413 e. The lowest BCUT2D eigenvalue weighted by molar-refractivity contribution is -0.161. The van der Waals surface area contributed by atoms with E-state index in [0.29, 0.717) is 5.82 Å². The van der Waals surface area contributed by atoms with Crippen molar-refractivity contribution in [3.05, 3.63) is 18.2 Å². The molecule has 0 saturated carbocycles. The number of carbonyl (C=O) groups is 1. The molecule has 1 aromatic heterocycles. The van der Waals surface area contributed by atoms with Crippen LogP contribution in [0.5, 0.6) is 0 Å². The van der Waals surface area contributed by atoms with Crippen LogP contribution in [-0.2, 0) is 9.47 Å². The highest BCUT2D eigenvalue weighted by Gasteiger charge is 2.49. The minimum absolute atomic E-state index is 0.0658. The predicted molar refractivity (Wildman–Crippen MR) is 79.6 cm³/mol. The number of nitrogens with one attached hydrogen (secondary N) is 1. The molecule has 0 radical (unpaired) electrons. The average Bonchev–Trinajstić information content (AvgIpc) is 2.22. The van der Waals surface area contributed by atoms with Crippen molar-refractivity contribution in [1.29, 1.82) is 0 Å². The van der Waals surface area contributed by atoms with E-state index in [0.717, 1.165) is 31.9 Å². The minimum atomic E-state index is -0.521. The summed E-state index contributed by atoms with van der Waals surface area (Å²) in [5, 5.41) is 2.66. The van der Waals surface area contributed by atoms with Gasteiger partial charge >= 0.3 is 6.09 Å². The normalized spacial score (nSPS) is 19.7. The summed E-state index contributed by atoms with van der Waals surface area (Å²) in [5.74, 6) is 1.35. The fourth-order valence-corrected chi connectivity index (χ4v) is 2.53. The number of amides is 1. The van der Waals surface area contributed by atoms with Gasteiger partial charge in [-0.15, -0.1) is 0 Å². The van der Waals surface area contributed by atoms with Crippen LogP contribution >= 0.6 is 0 Å². The monoisotopic (exact) mass is 291 g/mol. The highest BCUT2D eigenvalue weighted by atomic mass is 16.6. The van der Waals surface area contributed by atoms with Crippen LogP contribution < -0.4 is 10.2 Å². The molecule has 1 aromatic rings. The third kappa shape index (κ3) is 3.10. The minimum Gasteiger partial charge on any atom is -0.444 e. The Labute approximate surface area is 124 Å². The summed E-state index contributed by atoms with van der Waals surface area (Å²) in [6.07, 6.45) is 0.633. The van der Waals surface area contributed by atoms with Gasteiger partial charge in [0.05, 0.1) is 19.7 Å². The number of carbonyl (C=O) groups excluding carboxylic acids is 1. The van der Waals surface area contributed by atoms with Gasteiger partial charge < -0.3 is 14.4 Å². The van der Waals surface area contributed by atoms with Gasteiger partial charge in [0.15, 0.2) is 0 Å². The number of pyridine rings is 1. The smallest absolute Gasteiger partial charge is 0.413 e. The van der Waals surface area contributed by atoms with Gasteiger partial charge in [-0.25, -0.2) is 9.78 Å². The second-order valence-electron chi connectivity index (χ2n) is 6.65. The molecule has 2 saturated heterocycles. The first-order valence-corrected chi connectivity index (χ1v) is 7.21. The van der Waals surface area contributed by atoms with Crippen molar-refractivity contribution in [3.8, 4) is 0 Å². The number of nitrogens with zero attached hydrogens (tertiary/aromatic N) is 2. The Kier molecular flexibility index (Phi) is 3.28. The van der Waals surface area contributed by atoms with E-state index < -0.39 is 11.7 Å². The summed E-state index contributed by atoms with van der Waals surface area (Å²) in [4.78, 5) is 18.3. The van der Waals surface area contributed by atoms with E-state index >= 15 is 0 Å². The van der Waals surface area contributed by atoms with Crippen LogP contribution in [0.2, 0.25) is 0 Å². The lowest BCUT2D eigenvalue weighted by Gasteiger charge is -2.55. The van der Waals surface area contributed by atoms with Crippen molar-refractivity contribution >= 4 is 17.7 Å². The molecule has 0 atom stereocenters. The van der Waals surface area contributed by atoms with Crippen molar-refractivity contribution in [2.75, 3.05) is 29.9 Å². The number of rotatable bonds is 2. The van der Waals surface area contributed by atoms with Crippen molar-refractivity contribution in [3.63, 3.8) is 0 Å². The lowest BCUT2D eigenvalue weighted by Crippen LogP contribution is -2.68. The summed E-state index contributed by atoms with van der Waals surface area (Å²) < 4.78 is 10.8. The van der Waals surface area contributed by atoms with Crippen LogP contribution in [0.3, 0.4) is 0 Å². The SMILES string of the molecule is CC(C)(C)OC(=O)Nc1cccc(N2CC3(CCO3)C2)n1. The van der Waals surface area contributed by atoms with Crippen molar-refractivity contribution in [2.24, 2.45) is 0 Å². The van der Waals surface area contributed by atoms with Crippen LogP contribution in [0, 0.1) is 0 Å². The second kappa shape index (κ2) is 4.87. The first-order chi connectivity index (χ1) is 9.85. The molecule has 1 amide bonds. The molecule has 114 valence electrons. The second-order valence-corrected chi connectivity index (χ2v) is 6.65. The molecule has 6 heteroatoms. The van der Waals surface area contributed by atoms with Crippen LogP contribution in [-0.4, -0.2) is 42.0 Å². The topological polar surface area (TPSA) is 63.7 Å². The Balaban J connectivity index is 1.60. The summed E-state index contributed by atoms with van der Waals surface area (Å²) in [5.41, 5.74) is -0.455. The first kappa shape index (κ1) is 14.1. The fraction of sp³-hybridized carbons (Fsp3) is 0.600. The molecule has 6 nitrogen and oxygen atoms in total. The molecular weight excluding hydrogens is 270 g/mol. The highest BCUT2D eigenvalue weighted by Crippen LogP contribution is 2.38. The van der Waals surface area contributed by atoms with Gasteiger partial charge in [-0.2, -0.15) is 0 Å². The van der Waals surface area contributed by atoms with Gasteiger partial charge in [0.1, 0.15) is 22.8 Å². The van der Waals surface area contributed by atoms with Crippen molar-refractivity contribution < 1.29 is 14.3 Å². The van der Waals surface area contributed by atoms with E-state index in [1.54, 1.807) is 6.07 Å². The van der Waals surface area contributed by atoms with Gasteiger partial charge in [-0.1, -0.05) is 6.07 Å². The van der Waals surface area contributed by atoms with E-state index in [9.17, 15) is 4.79 Å². The zero-order chi connectivity index (χ0) is 15.1. The standard InChI is InChI=1S/C15H21N3O3/c1-14(2,3)21-13(19)17-11-5-4-6-12(16-11)18-9-15(10-18)7-8-20-15/h4-6H,7-10H2,1-3H3,(H,16,17,19). The molecular formula is C15H21N3O3. The van der Waals surface area contributed by atoms with Crippen molar-refractivity contribution in [2.45, 2.75) is 38.4 Å². The Hall–Kier alpha value is -1.82. The molecule has 0 aromatic carbocycles. The average molecular weight is 291 g/mol. The molecule has 0 bridgehead atoms. The summed E-state index contributed by atoms with van der Waals surface area (Å²) in [6, 6.07) is 5.57. The van der Waals surface area contributed by atoms with Gasteiger partial charge in [-0.05, 0) is 32.9 Å². The number of anilines is 2. The molecule has 2 fully saturated rings. The Morgan fingerprint density at radius 1 is 1.43 bits per heavy atom. The zero-order valence-corrected chi connectivity index (χ0v) is 12.7. The molecule has 1 N–H and O–H groups in total. The van der Waals surface area contributed by atoms with E-state index in [2.05, 4.69) is 15.2 Å². The predicted octanol–water partition coefficient (Wildman–Crippen LogP) is 2.41. The quantitative estimate of drug-likeness (QED) is 0.906. The third-order valence-corrected chi connectivity index (χ3v) is 3.61. The van der Waals surface area contributed by atoms with Gasteiger partial charge in [0.25, 0.3) is 0 Å². The van der Waals surface area contributed by atoms with E-state index in [-0.39, 0.29) is 5.60 Å². The molecule has 3 rings (SSSR count). The molecule has 1 spiro atoms. The van der Waals surface area contributed by atoms with Crippen molar-refractivity contribution in [1.82, 2.24) is 4.98 Å². The largest absolute Gasteiger partial charge is 0.444 e. The van der Waals surface area contributed by atoms with Crippen LogP contribution in [0.1, 0.15) is 27.2 Å². The molecule has 0 unspecified atom stereocenters. The number of hydrogen-bond acceptors (Lipinski definition) is 5. The van der Waals surface area contributed by atoms with Gasteiger partial charge in [-0.3, -0.25) is 5.32 Å². The summed E-state index contributed by atoms with van der Waals surface area (Å²) >= 11 is 0. The summed E-state index contributed by atoms with van der Waals surface area (Å²) in [7, 11) is 0. The van der Waals surface area contributed by atoms with Gasteiger partial charge in [0, 0.05) is 6.42 Å². The molecule has 2 aliphatic rings. The number of ether oxygens (including phenoxy) is 2. The highest BCUT2D eigenvalue weighted by molar-refractivity contribution is 5.83. The number of hydrogen-bond donors (Lipinski definition) is 1. The molecule has 0 aliphatic carbocycles. The Morgan fingerprint density at radius 2 is 2.14 bits per heavy atom. The molecule has 2 aliphatic heterocycles. The number of aromatic nitrogens is 1. The zero-order valence-electron chi connectivity index (χ0n) is 12.7. The van der Waals surface area contributed by atoms with E-state index in [1.165, 1.54) is 0 Å². The van der Waals surface area contributed by atoms with Gasteiger partial charge in [0.2, 0.25) is 0 Å². The van der Waals surface area contributed by atoms with E-state index in [4.69, 9.17) is 9.47 Å². The molecule has 21 heavy (non-hydrogen) atoms. The maximum absolute atomic E-state index is 11.7. The Morgan fingerprint density at radius 3 is 2.71 bits per heavy atom. The third-order valence-electron chi connectivity index (χ3n) is 3.61. The van der Waals surface area contributed by atoms with Crippen LogP contribution in [0.15, 0.2) is 18.2 Å². The van der Waals surface area contributed by atoms with Crippen LogP contribution in [0.25, 0.3) is 0 Å². The summed E-state index contributed by atoms with van der Waals surface area (Å²) in [6.45, 7) is 8.09. The lowest BCUT2D eigenvalue weighted by atomic mass is 9.86. The van der Waals surface area contributed by atoms with Crippen LogP contribution in [0.4, 0.5) is 16.4 Å². The fourth-order valence-electron chi connectivity index (χ4n) is 2.53. The maximum atomic E-state index is 11.7. The Bertz CT molecular complexity index is 541.